The molecule has 0 saturated carbocycles. The zero-order chi connectivity index (χ0) is 24.2. The van der Waals surface area contributed by atoms with E-state index >= 15 is 0 Å². The van der Waals surface area contributed by atoms with Crippen LogP contribution < -0.4 is 21.3 Å². The minimum absolute atomic E-state index is 0.139. The molecule has 3 heterocycles. The van der Waals surface area contributed by atoms with Crippen molar-refractivity contribution in [3.63, 3.8) is 0 Å². The fraction of sp³-hybridized carbons (Fsp3) is 0.286. The number of hydrogen-bond donors (Lipinski definition) is 3. The van der Waals surface area contributed by atoms with Gasteiger partial charge < -0.3 is 21.3 Å². The molecule has 0 bridgehead atoms. The minimum atomic E-state index is -0.139. The van der Waals surface area contributed by atoms with Crippen molar-refractivity contribution in [2.24, 2.45) is 0 Å². The Morgan fingerprint density at radius 1 is 1.20 bits per heavy atom. The molecule has 0 unspecified atom stereocenters. The maximum Gasteiger partial charge on any atom is 0.263 e. The predicted octanol–water partition coefficient (Wildman–Crippen LogP) is 4.47. The first-order valence-electron chi connectivity index (χ1n) is 12.2. The second-order valence-corrected chi connectivity index (χ2v) is 9.93. The second kappa shape index (κ2) is 10.5. The maximum absolute atomic E-state index is 12.9. The molecule has 180 valence electrons. The molecule has 1 amide bonds. The van der Waals surface area contributed by atoms with Crippen LogP contribution in [0.1, 0.15) is 32.9 Å². The summed E-state index contributed by atoms with van der Waals surface area (Å²) in [7, 11) is 0. The van der Waals surface area contributed by atoms with E-state index in [0.29, 0.717) is 17.1 Å². The molecule has 4 N–H and O–H groups in total. The molecule has 2 aliphatic rings. The molecule has 1 fully saturated rings. The van der Waals surface area contributed by atoms with Crippen molar-refractivity contribution in [3.05, 3.63) is 82.4 Å². The van der Waals surface area contributed by atoms with Crippen molar-refractivity contribution in [2.45, 2.75) is 19.8 Å². The van der Waals surface area contributed by atoms with E-state index in [4.69, 9.17) is 5.73 Å². The number of piperazine rings is 1. The molecule has 7 heteroatoms. The normalized spacial score (nSPS) is 15.8. The van der Waals surface area contributed by atoms with E-state index in [0.717, 1.165) is 54.9 Å². The lowest BCUT2D eigenvalue weighted by Crippen LogP contribution is -2.43. The van der Waals surface area contributed by atoms with E-state index in [1.54, 1.807) is 0 Å². The number of nitrogens with one attached hydrogen (secondary N) is 2. The quantitative estimate of drug-likeness (QED) is 0.480. The average molecular weight is 486 g/mol. The Labute approximate surface area is 210 Å². The number of rotatable bonds is 6. The van der Waals surface area contributed by atoms with Gasteiger partial charge >= 0.3 is 0 Å². The van der Waals surface area contributed by atoms with Crippen LogP contribution >= 0.6 is 11.3 Å². The van der Waals surface area contributed by atoms with Crippen LogP contribution in [0.25, 0.3) is 15.8 Å². The van der Waals surface area contributed by atoms with E-state index in [-0.39, 0.29) is 5.91 Å². The van der Waals surface area contributed by atoms with Crippen molar-refractivity contribution in [1.82, 2.24) is 15.6 Å². The molecule has 3 aromatic rings. The van der Waals surface area contributed by atoms with Gasteiger partial charge in [-0.05, 0) is 55.2 Å². The van der Waals surface area contributed by atoms with E-state index < -0.39 is 0 Å². The molecular weight excluding hydrogens is 454 g/mol. The van der Waals surface area contributed by atoms with Crippen LogP contribution in [-0.4, -0.2) is 43.6 Å². The number of nitrogens with two attached hydrogens (primary N) is 1. The lowest BCUT2D eigenvalue weighted by atomic mass is 9.97. The van der Waals surface area contributed by atoms with Crippen molar-refractivity contribution < 1.29 is 4.79 Å². The van der Waals surface area contributed by atoms with Crippen LogP contribution in [0.15, 0.2) is 60.7 Å². The molecule has 0 radical (unpaired) electrons. The summed E-state index contributed by atoms with van der Waals surface area (Å²) in [5.41, 5.74) is 12.6. The number of thiophene rings is 1. The Hall–Kier alpha value is -3.42. The molecule has 2 aromatic heterocycles. The minimum Gasteiger partial charge on any atom is -0.397 e. The summed E-state index contributed by atoms with van der Waals surface area (Å²) < 4.78 is 0. The molecule has 1 aliphatic heterocycles. The molecular formula is C28H31N5OS. The van der Waals surface area contributed by atoms with Crippen molar-refractivity contribution in [2.75, 3.05) is 43.4 Å². The zero-order valence-corrected chi connectivity index (χ0v) is 20.8. The molecule has 6 nitrogen and oxygen atoms in total. The summed E-state index contributed by atoms with van der Waals surface area (Å²) in [5.74, 6) is -0.139. The summed E-state index contributed by atoms with van der Waals surface area (Å²) in [6.45, 7) is 6.48. The van der Waals surface area contributed by atoms with Gasteiger partial charge in [-0.25, -0.2) is 4.98 Å². The maximum atomic E-state index is 12.9. The molecule has 1 aliphatic carbocycles. The zero-order valence-electron chi connectivity index (χ0n) is 20.0. The van der Waals surface area contributed by atoms with Crippen LogP contribution in [0.5, 0.6) is 0 Å². The second-order valence-electron chi connectivity index (χ2n) is 8.93. The fourth-order valence-electron chi connectivity index (χ4n) is 4.57. The van der Waals surface area contributed by atoms with E-state index in [1.807, 2.05) is 19.1 Å². The van der Waals surface area contributed by atoms with Gasteiger partial charge in [0.15, 0.2) is 0 Å². The van der Waals surface area contributed by atoms with Gasteiger partial charge in [-0.3, -0.25) is 4.79 Å². The summed E-state index contributed by atoms with van der Waals surface area (Å²) in [4.78, 5) is 21.2. The van der Waals surface area contributed by atoms with Gasteiger partial charge in [0.25, 0.3) is 5.91 Å². The largest absolute Gasteiger partial charge is 0.397 e. The number of aromatic nitrogens is 1. The molecule has 5 rings (SSSR count). The van der Waals surface area contributed by atoms with Crippen molar-refractivity contribution in [3.8, 4) is 0 Å². The summed E-state index contributed by atoms with van der Waals surface area (Å²) >= 11 is 1.35. The number of fused-ring (bicyclic) bond motifs is 1. The van der Waals surface area contributed by atoms with E-state index in [2.05, 4.69) is 69.1 Å². The fourth-order valence-corrected chi connectivity index (χ4v) is 5.63. The summed E-state index contributed by atoms with van der Waals surface area (Å²) in [6, 6.07) is 10.6. The van der Waals surface area contributed by atoms with Crippen LogP contribution in [0.4, 0.5) is 11.4 Å². The third kappa shape index (κ3) is 5.16. The first-order valence-corrected chi connectivity index (χ1v) is 13.0. The van der Waals surface area contributed by atoms with Crippen LogP contribution in [-0.2, 0) is 6.42 Å². The number of carbonyl (C=O) groups excluding carboxylic acids is 1. The number of nitrogens with zero attached hydrogens (tertiary/aromatic N) is 2. The lowest BCUT2D eigenvalue weighted by molar-refractivity contribution is 0.0959. The number of nitrogen functional groups attached to an aromatic ring is 1. The standard InChI is InChI=1S/C28H31N5OS/c1-19-8-10-22-25(29)26(35-28(22)32-19)27(34)31-13-12-20-9-11-24(33-16-14-30-15-17-33)23(18-20)21-6-4-2-3-5-7-21/h2,4-11,18,30H,3,12-17,29H2,1H3,(H,31,34). The lowest BCUT2D eigenvalue weighted by Gasteiger charge is -2.31. The third-order valence-corrected chi connectivity index (χ3v) is 7.56. The Morgan fingerprint density at radius 3 is 2.91 bits per heavy atom. The number of hydrogen-bond acceptors (Lipinski definition) is 6. The van der Waals surface area contributed by atoms with Gasteiger partial charge in [-0.2, -0.15) is 0 Å². The van der Waals surface area contributed by atoms with Crippen molar-refractivity contribution >= 4 is 44.4 Å². The summed E-state index contributed by atoms with van der Waals surface area (Å²) in [5, 5.41) is 7.34. The first-order chi connectivity index (χ1) is 17.1. The van der Waals surface area contributed by atoms with E-state index in [1.165, 1.54) is 33.7 Å². The van der Waals surface area contributed by atoms with Crippen LogP contribution in [0, 0.1) is 6.92 Å². The van der Waals surface area contributed by atoms with Gasteiger partial charge in [0, 0.05) is 55.1 Å². The van der Waals surface area contributed by atoms with Gasteiger partial charge in [0.2, 0.25) is 0 Å². The Kier molecular flexibility index (Phi) is 6.97. The predicted molar refractivity (Wildman–Crippen MR) is 147 cm³/mol. The third-order valence-electron chi connectivity index (χ3n) is 6.45. The van der Waals surface area contributed by atoms with Crippen LogP contribution in [0.3, 0.4) is 0 Å². The highest BCUT2D eigenvalue weighted by molar-refractivity contribution is 7.21. The number of anilines is 2. The van der Waals surface area contributed by atoms with Gasteiger partial charge in [-0.1, -0.05) is 36.4 Å². The molecule has 1 aromatic carbocycles. The number of aryl methyl sites for hydroxylation is 1. The Bertz CT molecular complexity index is 1330. The SMILES string of the molecule is Cc1ccc2c(N)c(C(=O)NCCc3ccc(N4CCNCC4)c(C4=CC=CCC=C4)c3)sc2n1. The smallest absolute Gasteiger partial charge is 0.263 e. The highest BCUT2D eigenvalue weighted by Gasteiger charge is 2.18. The molecule has 1 saturated heterocycles. The van der Waals surface area contributed by atoms with Gasteiger partial charge in [0.1, 0.15) is 9.71 Å². The topological polar surface area (TPSA) is 83.3 Å². The van der Waals surface area contributed by atoms with Gasteiger partial charge in [0.05, 0.1) is 5.69 Å². The molecule has 35 heavy (non-hydrogen) atoms. The summed E-state index contributed by atoms with van der Waals surface area (Å²) in [6.07, 6.45) is 12.6. The molecule has 0 spiro atoms. The highest BCUT2D eigenvalue weighted by atomic mass is 32.1. The average Bonchev–Trinajstić information content (AvgIpc) is 3.03. The number of carbonyl (C=O) groups is 1. The first kappa shape index (κ1) is 23.3. The Morgan fingerprint density at radius 2 is 2.06 bits per heavy atom. The number of benzene rings is 1. The number of allylic oxidation sites excluding steroid dienone is 6. The number of pyridine rings is 1. The van der Waals surface area contributed by atoms with E-state index in [9.17, 15) is 4.79 Å². The van der Waals surface area contributed by atoms with Gasteiger partial charge in [-0.15, -0.1) is 11.3 Å². The molecule has 0 atom stereocenters. The monoisotopic (exact) mass is 485 g/mol. The number of amides is 1. The van der Waals surface area contributed by atoms with Crippen LogP contribution in [0.2, 0.25) is 0 Å². The highest BCUT2D eigenvalue weighted by Crippen LogP contribution is 2.33. The Balaban J connectivity index is 1.32. The van der Waals surface area contributed by atoms with Crippen molar-refractivity contribution in [1.29, 1.82) is 0 Å².